The summed E-state index contributed by atoms with van der Waals surface area (Å²) < 4.78 is 7.31. The summed E-state index contributed by atoms with van der Waals surface area (Å²) in [4.78, 5) is 11.9. The lowest BCUT2D eigenvalue weighted by molar-refractivity contribution is -0.119. The molecule has 2 aromatic heterocycles. The molecule has 0 unspecified atom stereocenters. The van der Waals surface area contributed by atoms with E-state index in [9.17, 15) is 4.79 Å². The van der Waals surface area contributed by atoms with E-state index in [0.29, 0.717) is 12.3 Å². The lowest BCUT2D eigenvalue weighted by Crippen LogP contribution is -2.32. The standard InChI is InChI=1S/C20H21N5O2S/c26-19(21-13-17-3-1-12-27-17)14-28-20-9-8-18(23-24-20)15-4-6-16(7-5-15)25-11-2-10-22-25/h2,4-11,17H,1,3,12-14H2,(H,21,26)/t17-/m1/s1. The third kappa shape index (κ3) is 4.76. The average Bonchev–Trinajstić information content (AvgIpc) is 3.45. The number of carbonyl (C=O) groups is 1. The Morgan fingerprint density at radius 2 is 2.11 bits per heavy atom. The summed E-state index contributed by atoms with van der Waals surface area (Å²) in [5, 5.41) is 16.4. The minimum Gasteiger partial charge on any atom is -0.376 e. The molecule has 1 aliphatic rings. The molecule has 1 aliphatic heterocycles. The van der Waals surface area contributed by atoms with Crippen LogP contribution in [-0.4, -0.2) is 50.9 Å². The second-order valence-electron chi connectivity index (χ2n) is 6.48. The molecule has 4 rings (SSSR count). The van der Waals surface area contributed by atoms with Gasteiger partial charge in [0.15, 0.2) is 0 Å². The van der Waals surface area contributed by atoms with Crippen LogP contribution in [-0.2, 0) is 9.53 Å². The Morgan fingerprint density at radius 1 is 1.21 bits per heavy atom. The van der Waals surface area contributed by atoms with Crippen molar-refractivity contribution in [3.8, 4) is 16.9 Å². The van der Waals surface area contributed by atoms with E-state index in [-0.39, 0.29) is 12.0 Å². The van der Waals surface area contributed by atoms with Gasteiger partial charge in [-0.05, 0) is 43.2 Å². The van der Waals surface area contributed by atoms with E-state index in [1.54, 1.807) is 10.9 Å². The molecule has 0 bridgehead atoms. The molecule has 3 heterocycles. The van der Waals surface area contributed by atoms with Crippen molar-refractivity contribution in [3.05, 3.63) is 54.9 Å². The minimum absolute atomic E-state index is 0.0133. The number of hydrogen-bond acceptors (Lipinski definition) is 6. The summed E-state index contributed by atoms with van der Waals surface area (Å²) in [5.74, 6) is 0.305. The first-order valence-electron chi connectivity index (χ1n) is 9.23. The zero-order valence-corrected chi connectivity index (χ0v) is 16.1. The largest absolute Gasteiger partial charge is 0.376 e. The number of hydrogen-bond donors (Lipinski definition) is 1. The molecule has 1 saturated heterocycles. The third-order valence-corrected chi connectivity index (χ3v) is 5.39. The number of nitrogens with one attached hydrogen (secondary N) is 1. The summed E-state index contributed by atoms with van der Waals surface area (Å²) in [6.07, 6.45) is 5.90. The highest BCUT2D eigenvalue weighted by Gasteiger charge is 2.16. The van der Waals surface area contributed by atoms with E-state index in [2.05, 4.69) is 20.6 Å². The van der Waals surface area contributed by atoms with Gasteiger partial charge in [0, 0.05) is 31.1 Å². The second kappa shape index (κ2) is 8.99. The van der Waals surface area contributed by atoms with E-state index >= 15 is 0 Å². The second-order valence-corrected chi connectivity index (χ2v) is 7.48. The van der Waals surface area contributed by atoms with Crippen molar-refractivity contribution >= 4 is 17.7 Å². The predicted octanol–water partition coefficient (Wildman–Crippen LogP) is 2.72. The van der Waals surface area contributed by atoms with Crippen molar-refractivity contribution in [2.45, 2.75) is 24.0 Å². The summed E-state index contributed by atoms with van der Waals surface area (Å²) in [7, 11) is 0. The van der Waals surface area contributed by atoms with Crippen molar-refractivity contribution in [2.24, 2.45) is 0 Å². The van der Waals surface area contributed by atoms with Crippen LogP contribution >= 0.6 is 11.8 Å². The number of rotatable bonds is 7. The van der Waals surface area contributed by atoms with Gasteiger partial charge in [-0.15, -0.1) is 10.2 Å². The zero-order chi connectivity index (χ0) is 19.2. The van der Waals surface area contributed by atoms with Crippen molar-refractivity contribution < 1.29 is 9.53 Å². The van der Waals surface area contributed by atoms with Crippen molar-refractivity contribution in [1.82, 2.24) is 25.3 Å². The highest BCUT2D eigenvalue weighted by molar-refractivity contribution is 7.99. The highest BCUT2D eigenvalue weighted by Crippen LogP contribution is 2.21. The lowest BCUT2D eigenvalue weighted by atomic mass is 10.1. The minimum atomic E-state index is -0.0133. The molecular weight excluding hydrogens is 374 g/mol. The highest BCUT2D eigenvalue weighted by atomic mass is 32.2. The van der Waals surface area contributed by atoms with Crippen molar-refractivity contribution in [3.63, 3.8) is 0 Å². The Bertz CT molecular complexity index is 891. The molecule has 1 fully saturated rings. The van der Waals surface area contributed by atoms with Gasteiger partial charge < -0.3 is 10.1 Å². The maximum absolute atomic E-state index is 11.9. The van der Waals surface area contributed by atoms with E-state index in [1.807, 2.05) is 48.7 Å². The molecule has 0 spiro atoms. The Labute approximate surface area is 167 Å². The van der Waals surface area contributed by atoms with Crippen LogP contribution in [0.3, 0.4) is 0 Å². The average molecular weight is 395 g/mol. The van der Waals surface area contributed by atoms with Crippen LogP contribution < -0.4 is 5.32 Å². The van der Waals surface area contributed by atoms with Crippen LogP contribution in [0.1, 0.15) is 12.8 Å². The van der Waals surface area contributed by atoms with Gasteiger partial charge in [0.1, 0.15) is 5.03 Å². The van der Waals surface area contributed by atoms with Gasteiger partial charge in [0.25, 0.3) is 0 Å². The molecule has 28 heavy (non-hydrogen) atoms. The Morgan fingerprint density at radius 3 is 2.79 bits per heavy atom. The smallest absolute Gasteiger partial charge is 0.230 e. The van der Waals surface area contributed by atoms with Gasteiger partial charge in [-0.25, -0.2) is 4.68 Å². The van der Waals surface area contributed by atoms with Crippen LogP contribution in [0.15, 0.2) is 59.9 Å². The number of carbonyl (C=O) groups excluding carboxylic acids is 1. The first-order chi connectivity index (χ1) is 13.8. The van der Waals surface area contributed by atoms with Crippen LogP contribution in [0, 0.1) is 0 Å². The van der Waals surface area contributed by atoms with E-state index < -0.39 is 0 Å². The van der Waals surface area contributed by atoms with Gasteiger partial charge in [0.05, 0.1) is 23.2 Å². The number of thioether (sulfide) groups is 1. The summed E-state index contributed by atoms with van der Waals surface area (Å²) in [5.41, 5.74) is 2.76. The molecule has 0 saturated carbocycles. The molecule has 8 heteroatoms. The number of amides is 1. The molecule has 0 radical (unpaired) electrons. The van der Waals surface area contributed by atoms with Crippen LogP contribution in [0.2, 0.25) is 0 Å². The predicted molar refractivity (Wildman–Crippen MR) is 107 cm³/mol. The summed E-state index contributed by atoms with van der Waals surface area (Å²) in [6, 6.07) is 13.7. The van der Waals surface area contributed by atoms with Gasteiger partial charge in [0.2, 0.25) is 5.91 Å². The Kier molecular flexibility index (Phi) is 5.98. The SMILES string of the molecule is O=C(CSc1ccc(-c2ccc(-n3cccn3)cc2)nn1)NC[C@H]1CCCO1. The zero-order valence-electron chi connectivity index (χ0n) is 15.3. The van der Waals surface area contributed by atoms with Crippen molar-refractivity contribution in [2.75, 3.05) is 18.9 Å². The molecule has 1 atom stereocenters. The number of benzene rings is 1. The fourth-order valence-corrected chi connectivity index (χ4v) is 3.62. The number of ether oxygens (including phenoxy) is 1. The molecular formula is C20H21N5O2S. The van der Waals surface area contributed by atoms with Crippen LogP contribution in [0.5, 0.6) is 0 Å². The molecule has 1 aromatic carbocycles. The maximum atomic E-state index is 11.9. The van der Waals surface area contributed by atoms with Crippen molar-refractivity contribution in [1.29, 1.82) is 0 Å². The number of nitrogens with zero attached hydrogens (tertiary/aromatic N) is 4. The maximum Gasteiger partial charge on any atom is 0.230 e. The van der Waals surface area contributed by atoms with Gasteiger partial charge >= 0.3 is 0 Å². The summed E-state index contributed by atoms with van der Waals surface area (Å²) >= 11 is 1.38. The molecule has 1 amide bonds. The monoisotopic (exact) mass is 395 g/mol. The molecule has 7 nitrogen and oxygen atoms in total. The Hall–Kier alpha value is -2.71. The van der Waals surface area contributed by atoms with Gasteiger partial charge in [-0.1, -0.05) is 23.9 Å². The van der Waals surface area contributed by atoms with E-state index in [4.69, 9.17) is 4.74 Å². The summed E-state index contributed by atoms with van der Waals surface area (Å²) in [6.45, 7) is 1.38. The quantitative estimate of drug-likeness (QED) is 0.620. The molecule has 144 valence electrons. The van der Waals surface area contributed by atoms with Gasteiger partial charge in [-0.2, -0.15) is 5.10 Å². The number of aromatic nitrogens is 4. The lowest BCUT2D eigenvalue weighted by Gasteiger charge is -2.10. The topological polar surface area (TPSA) is 81.9 Å². The molecule has 1 N–H and O–H groups in total. The van der Waals surface area contributed by atoms with E-state index in [1.165, 1.54) is 11.8 Å². The fourth-order valence-electron chi connectivity index (χ4n) is 2.98. The molecule has 0 aliphatic carbocycles. The normalized spacial score (nSPS) is 16.2. The van der Waals surface area contributed by atoms with E-state index in [0.717, 1.165) is 41.4 Å². The van der Waals surface area contributed by atoms with Gasteiger partial charge in [-0.3, -0.25) is 4.79 Å². The Balaban J connectivity index is 1.29. The first kappa shape index (κ1) is 18.6. The fraction of sp³-hybridized carbons (Fsp3) is 0.300. The third-order valence-electron chi connectivity index (χ3n) is 4.47. The first-order valence-corrected chi connectivity index (χ1v) is 10.2. The van der Waals surface area contributed by atoms with Crippen LogP contribution in [0.4, 0.5) is 0 Å². The molecule has 3 aromatic rings. The van der Waals surface area contributed by atoms with Crippen LogP contribution in [0.25, 0.3) is 16.9 Å².